The van der Waals surface area contributed by atoms with Gasteiger partial charge in [0.05, 0.1) is 5.56 Å². The van der Waals surface area contributed by atoms with E-state index in [9.17, 15) is 9.90 Å². The van der Waals surface area contributed by atoms with Gasteiger partial charge in [0, 0.05) is 6.54 Å². The number of carbonyl (C=O) groups is 1. The van der Waals surface area contributed by atoms with Crippen LogP contribution in [-0.4, -0.2) is 17.6 Å². The van der Waals surface area contributed by atoms with Gasteiger partial charge < -0.3 is 10.4 Å². The van der Waals surface area contributed by atoms with Crippen molar-refractivity contribution < 1.29 is 9.90 Å². The number of benzene rings is 1. The lowest BCUT2D eigenvalue weighted by atomic mass is 9.91. The van der Waals surface area contributed by atoms with E-state index in [-0.39, 0.29) is 17.6 Å². The minimum atomic E-state index is -0.180. The Hall–Kier alpha value is -1.51. The Balaban J connectivity index is 3.13. The Labute approximate surface area is 122 Å². The van der Waals surface area contributed by atoms with E-state index in [1.807, 2.05) is 26.0 Å². The second-order valence-corrected chi connectivity index (χ2v) is 5.93. The minimum Gasteiger partial charge on any atom is -0.507 e. The molecule has 0 aliphatic rings. The minimum absolute atomic E-state index is 0.124. The number of nitrogens with one attached hydrogen (secondary N) is 1. The summed E-state index contributed by atoms with van der Waals surface area (Å²) >= 11 is 0. The molecule has 0 heterocycles. The number of aromatic hydroxyl groups is 1. The SMILES string of the molecule is CCCCNC(=O)c1cc(C(C)C)cc(C(C)C)c1O. The molecule has 1 aromatic carbocycles. The van der Waals surface area contributed by atoms with Crippen LogP contribution >= 0.6 is 0 Å². The Bertz CT molecular complexity index is 464. The second kappa shape index (κ2) is 7.32. The summed E-state index contributed by atoms with van der Waals surface area (Å²) < 4.78 is 0. The van der Waals surface area contributed by atoms with Gasteiger partial charge in [-0.15, -0.1) is 0 Å². The van der Waals surface area contributed by atoms with Crippen LogP contribution in [0.25, 0.3) is 0 Å². The van der Waals surface area contributed by atoms with Crippen molar-refractivity contribution in [3.8, 4) is 5.75 Å². The van der Waals surface area contributed by atoms with Crippen molar-refractivity contribution in [2.75, 3.05) is 6.54 Å². The molecule has 1 aromatic rings. The molecular formula is C17H27NO2. The number of unbranched alkanes of at least 4 members (excludes halogenated alkanes) is 1. The second-order valence-electron chi connectivity index (χ2n) is 5.93. The summed E-state index contributed by atoms with van der Waals surface area (Å²) in [6.45, 7) is 11.0. The Morgan fingerprint density at radius 1 is 1.20 bits per heavy atom. The fourth-order valence-electron chi connectivity index (χ4n) is 2.10. The van der Waals surface area contributed by atoms with Crippen LogP contribution in [0.4, 0.5) is 0 Å². The smallest absolute Gasteiger partial charge is 0.255 e. The third-order valence-electron chi connectivity index (χ3n) is 3.51. The third-order valence-corrected chi connectivity index (χ3v) is 3.51. The van der Waals surface area contributed by atoms with E-state index in [0.29, 0.717) is 18.0 Å². The number of rotatable bonds is 6. The standard InChI is InChI=1S/C17H27NO2/c1-6-7-8-18-17(20)15-10-13(11(2)3)9-14(12(4)5)16(15)19/h9-12,19H,6-8H2,1-5H3,(H,18,20). The molecular weight excluding hydrogens is 250 g/mol. The van der Waals surface area contributed by atoms with E-state index in [0.717, 1.165) is 24.0 Å². The number of phenolic OH excluding ortho intramolecular Hbond substituents is 1. The van der Waals surface area contributed by atoms with Crippen molar-refractivity contribution in [3.63, 3.8) is 0 Å². The third kappa shape index (κ3) is 3.99. The van der Waals surface area contributed by atoms with Crippen LogP contribution in [0.5, 0.6) is 5.75 Å². The van der Waals surface area contributed by atoms with Crippen molar-refractivity contribution >= 4 is 5.91 Å². The van der Waals surface area contributed by atoms with Crippen LogP contribution in [0.15, 0.2) is 12.1 Å². The summed E-state index contributed by atoms with van der Waals surface area (Å²) in [6.07, 6.45) is 1.99. The maximum atomic E-state index is 12.2. The van der Waals surface area contributed by atoms with Crippen LogP contribution in [0.1, 0.15) is 80.8 Å². The highest BCUT2D eigenvalue weighted by molar-refractivity contribution is 5.97. The topological polar surface area (TPSA) is 49.3 Å². The number of hydrogen-bond acceptors (Lipinski definition) is 2. The molecule has 3 nitrogen and oxygen atoms in total. The molecule has 2 N–H and O–H groups in total. The largest absolute Gasteiger partial charge is 0.507 e. The molecule has 0 aliphatic heterocycles. The molecule has 1 rings (SSSR count). The molecule has 0 spiro atoms. The zero-order chi connectivity index (χ0) is 15.3. The van der Waals surface area contributed by atoms with E-state index < -0.39 is 0 Å². The number of amides is 1. The lowest BCUT2D eigenvalue weighted by molar-refractivity contribution is 0.0950. The summed E-state index contributed by atoms with van der Waals surface area (Å²) in [6, 6.07) is 3.82. The van der Waals surface area contributed by atoms with Gasteiger partial charge in [-0.05, 0) is 35.4 Å². The highest BCUT2D eigenvalue weighted by Crippen LogP contribution is 2.32. The van der Waals surface area contributed by atoms with Crippen LogP contribution in [0, 0.1) is 0 Å². The van der Waals surface area contributed by atoms with E-state index in [2.05, 4.69) is 26.1 Å². The summed E-state index contributed by atoms with van der Waals surface area (Å²) in [7, 11) is 0. The van der Waals surface area contributed by atoms with E-state index in [1.165, 1.54) is 0 Å². The van der Waals surface area contributed by atoms with Gasteiger partial charge in [0.1, 0.15) is 5.75 Å². The molecule has 0 fully saturated rings. The molecule has 20 heavy (non-hydrogen) atoms. The van der Waals surface area contributed by atoms with E-state index in [4.69, 9.17) is 0 Å². The predicted molar refractivity (Wildman–Crippen MR) is 83.5 cm³/mol. The molecule has 0 aromatic heterocycles. The molecule has 0 atom stereocenters. The van der Waals surface area contributed by atoms with Gasteiger partial charge in [-0.2, -0.15) is 0 Å². The van der Waals surface area contributed by atoms with Gasteiger partial charge in [0.15, 0.2) is 0 Å². The van der Waals surface area contributed by atoms with Crippen LogP contribution in [-0.2, 0) is 0 Å². The molecule has 0 radical (unpaired) electrons. The van der Waals surface area contributed by atoms with Gasteiger partial charge >= 0.3 is 0 Å². The molecule has 0 bridgehead atoms. The highest BCUT2D eigenvalue weighted by Gasteiger charge is 2.18. The number of hydrogen-bond donors (Lipinski definition) is 2. The van der Waals surface area contributed by atoms with E-state index in [1.54, 1.807) is 0 Å². The predicted octanol–water partition coefficient (Wildman–Crippen LogP) is 4.17. The van der Waals surface area contributed by atoms with Crippen molar-refractivity contribution in [2.45, 2.75) is 59.3 Å². The Morgan fingerprint density at radius 2 is 1.85 bits per heavy atom. The summed E-state index contributed by atoms with van der Waals surface area (Å²) in [5.41, 5.74) is 2.33. The lowest BCUT2D eigenvalue weighted by Gasteiger charge is -2.17. The maximum Gasteiger partial charge on any atom is 0.255 e. The zero-order valence-corrected chi connectivity index (χ0v) is 13.3. The van der Waals surface area contributed by atoms with Crippen molar-refractivity contribution in [3.05, 3.63) is 28.8 Å². The molecule has 0 aliphatic carbocycles. The molecule has 0 saturated carbocycles. The number of carbonyl (C=O) groups excluding carboxylic acids is 1. The van der Waals surface area contributed by atoms with Gasteiger partial charge in [0.2, 0.25) is 0 Å². The molecule has 0 saturated heterocycles. The van der Waals surface area contributed by atoms with Crippen molar-refractivity contribution in [1.82, 2.24) is 5.32 Å². The van der Waals surface area contributed by atoms with Gasteiger partial charge in [-0.3, -0.25) is 4.79 Å². The normalized spacial score (nSPS) is 11.2. The van der Waals surface area contributed by atoms with Crippen LogP contribution in [0.2, 0.25) is 0 Å². The average molecular weight is 277 g/mol. The summed E-state index contributed by atoms with van der Waals surface area (Å²) in [5, 5.41) is 13.2. The summed E-state index contributed by atoms with van der Waals surface area (Å²) in [4.78, 5) is 12.2. The van der Waals surface area contributed by atoms with Crippen LogP contribution in [0.3, 0.4) is 0 Å². The van der Waals surface area contributed by atoms with Crippen LogP contribution < -0.4 is 5.32 Å². The van der Waals surface area contributed by atoms with Gasteiger partial charge in [0.25, 0.3) is 5.91 Å². The zero-order valence-electron chi connectivity index (χ0n) is 13.3. The fourth-order valence-corrected chi connectivity index (χ4v) is 2.10. The summed E-state index contributed by atoms with van der Waals surface area (Å²) in [5.74, 6) is 0.463. The van der Waals surface area contributed by atoms with Gasteiger partial charge in [-0.25, -0.2) is 0 Å². The lowest BCUT2D eigenvalue weighted by Crippen LogP contribution is -2.25. The first kappa shape index (κ1) is 16.5. The van der Waals surface area contributed by atoms with E-state index >= 15 is 0 Å². The van der Waals surface area contributed by atoms with Gasteiger partial charge in [-0.1, -0.05) is 47.1 Å². The first-order valence-electron chi connectivity index (χ1n) is 7.53. The monoisotopic (exact) mass is 277 g/mol. The van der Waals surface area contributed by atoms with Crippen molar-refractivity contribution in [1.29, 1.82) is 0 Å². The van der Waals surface area contributed by atoms with Crippen molar-refractivity contribution in [2.24, 2.45) is 0 Å². The quantitative estimate of drug-likeness (QED) is 0.767. The first-order valence-corrected chi connectivity index (χ1v) is 7.53. The highest BCUT2D eigenvalue weighted by atomic mass is 16.3. The number of phenols is 1. The fraction of sp³-hybridized carbons (Fsp3) is 0.588. The maximum absolute atomic E-state index is 12.2. The molecule has 0 unspecified atom stereocenters. The molecule has 1 amide bonds. The first-order chi connectivity index (χ1) is 9.38. The molecule has 3 heteroatoms. The Kier molecular flexibility index (Phi) is 6.05. The average Bonchev–Trinajstić information content (AvgIpc) is 2.38. The Morgan fingerprint density at radius 3 is 2.35 bits per heavy atom. The molecule has 112 valence electrons.